The SMILES string of the molecule is COC1CNC(Cl)CC1C1CC(C)NCC1C(=O)NC1NC2CN(C(=O)C3NC(C)CNC3C)CC2S1. The van der Waals surface area contributed by atoms with Crippen LogP contribution in [0.25, 0.3) is 0 Å². The van der Waals surface area contributed by atoms with Gasteiger partial charge in [-0.1, -0.05) is 0 Å². The minimum Gasteiger partial charge on any atom is -0.380 e. The zero-order valence-electron chi connectivity index (χ0n) is 22.3. The molecule has 5 saturated heterocycles. The van der Waals surface area contributed by atoms with Crippen LogP contribution in [0, 0.1) is 17.8 Å². The number of piperidine rings is 2. The van der Waals surface area contributed by atoms with E-state index in [4.69, 9.17) is 16.3 Å². The van der Waals surface area contributed by atoms with Crippen molar-refractivity contribution in [1.29, 1.82) is 0 Å². The van der Waals surface area contributed by atoms with Crippen LogP contribution in [0.3, 0.4) is 0 Å². The van der Waals surface area contributed by atoms with Gasteiger partial charge in [-0.05, 0) is 45.4 Å². The smallest absolute Gasteiger partial charge is 0.241 e. The van der Waals surface area contributed by atoms with Gasteiger partial charge in [-0.3, -0.25) is 20.2 Å². The molecule has 0 aromatic rings. The summed E-state index contributed by atoms with van der Waals surface area (Å²) in [5.41, 5.74) is -0.228. The summed E-state index contributed by atoms with van der Waals surface area (Å²) in [4.78, 5) is 28.8. The van der Waals surface area contributed by atoms with Crippen molar-refractivity contribution in [2.45, 2.75) is 86.2 Å². The number of piperazine rings is 1. The molecule has 5 rings (SSSR count). The number of thioether (sulfide) groups is 1. The highest BCUT2D eigenvalue weighted by Crippen LogP contribution is 2.38. The number of fused-ring (bicyclic) bond motifs is 1. The first-order valence-corrected chi connectivity index (χ1v) is 15.2. The van der Waals surface area contributed by atoms with E-state index in [0.717, 1.165) is 19.4 Å². The lowest BCUT2D eigenvalue weighted by Crippen LogP contribution is -2.64. The third-order valence-corrected chi connectivity index (χ3v) is 10.7. The van der Waals surface area contributed by atoms with Crippen molar-refractivity contribution in [3.05, 3.63) is 0 Å². The molecule has 12 heteroatoms. The van der Waals surface area contributed by atoms with E-state index in [2.05, 4.69) is 52.7 Å². The minimum atomic E-state index is -0.195. The van der Waals surface area contributed by atoms with Gasteiger partial charge in [-0.25, -0.2) is 0 Å². The molecular weight excluding hydrogens is 514 g/mol. The number of likely N-dealkylation sites (tertiary alicyclic amines) is 1. The Bertz CT molecular complexity index is 828. The lowest BCUT2D eigenvalue weighted by atomic mass is 9.70. The topological polar surface area (TPSA) is 119 Å². The number of carbonyl (C=O) groups is 2. The Morgan fingerprint density at radius 3 is 2.54 bits per heavy atom. The van der Waals surface area contributed by atoms with Crippen molar-refractivity contribution in [2.75, 3.05) is 39.8 Å². The molecule has 12 atom stereocenters. The molecule has 0 aliphatic carbocycles. The van der Waals surface area contributed by atoms with Crippen LogP contribution in [0.1, 0.15) is 33.6 Å². The fourth-order valence-corrected chi connectivity index (χ4v) is 8.62. The summed E-state index contributed by atoms with van der Waals surface area (Å²) in [6.07, 6.45) is 1.79. The van der Waals surface area contributed by atoms with Crippen molar-refractivity contribution in [1.82, 2.24) is 36.8 Å². The van der Waals surface area contributed by atoms with Gasteiger partial charge in [-0.2, -0.15) is 0 Å². The number of methoxy groups -OCH3 is 1. The first-order valence-electron chi connectivity index (χ1n) is 13.9. The van der Waals surface area contributed by atoms with Crippen LogP contribution >= 0.6 is 23.4 Å². The molecule has 10 nitrogen and oxygen atoms in total. The highest BCUT2D eigenvalue weighted by molar-refractivity contribution is 8.00. The van der Waals surface area contributed by atoms with Crippen molar-refractivity contribution in [3.8, 4) is 0 Å². The quantitative estimate of drug-likeness (QED) is 0.195. The Labute approximate surface area is 229 Å². The van der Waals surface area contributed by atoms with Gasteiger partial charge in [0.15, 0.2) is 0 Å². The molecule has 5 fully saturated rings. The maximum atomic E-state index is 13.6. The van der Waals surface area contributed by atoms with Crippen molar-refractivity contribution < 1.29 is 14.3 Å². The number of hydrogen-bond donors (Lipinski definition) is 6. The maximum Gasteiger partial charge on any atom is 0.241 e. The highest BCUT2D eigenvalue weighted by atomic mass is 35.5. The van der Waals surface area contributed by atoms with Crippen LogP contribution in [0.15, 0.2) is 0 Å². The molecule has 6 N–H and O–H groups in total. The number of rotatable bonds is 5. The van der Waals surface area contributed by atoms with Crippen LogP contribution in [0.5, 0.6) is 0 Å². The summed E-state index contributed by atoms with van der Waals surface area (Å²) in [6.45, 7) is 9.99. The standard InChI is InChI=1S/C25H44ClN7O3S/c1-12-5-15(16-6-21(26)29-9-19(16)36-4)17(8-27-12)23(34)32-25-31-18-10-33(11-20(18)37-25)24(35)22-14(3)28-7-13(2)30-22/h12-22,25,27-31H,5-11H2,1-4H3,(H,32,34). The molecule has 5 aliphatic rings. The maximum absolute atomic E-state index is 13.6. The molecule has 2 amide bonds. The summed E-state index contributed by atoms with van der Waals surface area (Å²) in [5, 5.41) is 20.9. The Hall–Kier alpha value is -0.660. The monoisotopic (exact) mass is 557 g/mol. The zero-order chi connectivity index (χ0) is 26.3. The van der Waals surface area contributed by atoms with Crippen molar-refractivity contribution in [3.63, 3.8) is 0 Å². The summed E-state index contributed by atoms with van der Waals surface area (Å²) in [7, 11) is 1.75. The molecule has 210 valence electrons. The van der Waals surface area contributed by atoms with Crippen LogP contribution in [-0.4, -0.2) is 109 Å². The Kier molecular flexibility index (Phi) is 8.92. The second-order valence-electron chi connectivity index (χ2n) is 11.7. The Morgan fingerprint density at radius 1 is 0.973 bits per heavy atom. The lowest BCUT2D eigenvalue weighted by molar-refractivity contribution is -0.134. The van der Waals surface area contributed by atoms with Crippen LogP contribution in [0.2, 0.25) is 0 Å². The van der Waals surface area contributed by atoms with E-state index in [1.807, 2.05) is 4.90 Å². The molecule has 5 aliphatic heterocycles. The van der Waals surface area contributed by atoms with E-state index in [9.17, 15) is 9.59 Å². The van der Waals surface area contributed by atoms with Crippen LogP contribution < -0.4 is 31.9 Å². The Morgan fingerprint density at radius 2 is 1.78 bits per heavy atom. The first kappa shape index (κ1) is 27.9. The van der Waals surface area contributed by atoms with E-state index in [0.29, 0.717) is 32.2 Å². The molecule has 0 spiro atoms. The summed E-state index contributed by atoms with van der Waals surface area (Å²) < 4.78 is 5.81. The van der Waals surface area contributed by atoms with Crippen molar-refractivity contribution >= 4 is 35.2 Å². The van der Waals surface area contributed by atoms with E-state index in [-0.39, 0.29) is 76.1 Å². The average molecular weight is 558 g/mol. The van der Waals surface area contributed by atoms with Gasteiger partial charge in [-0.15, -0.1) is 23.4 Å². The molecule has 0 saturated carbocycles. The summed E-state index contributed by atoms with van der Waals surface area (Å²) in [5.74, 6) is 0.577. The summed E-state index contributed by atoms with van der Waals surface area (Å²) in [6, 6.07) is 0.738. The molecule has 12 unspecified atom stereocenters. The first-order chi connectivity index (χ1) is 17.7. The van der Waals surface area contributed by atoms with E-state index in [1.54, 1.807) is 18.9 Å². The minimum absolute atomic E-state index is 0.0574. The van der Waals surface area contributed by atoms with Crippen molar-refractivity contribution in [2.24, 2.45) is 17.8 Å². The van der Waals surface area contributed by atoms with E-state index < -0.39 is 0 Å². The molecule has 0 bridgehead atoms. The number of ether oxygens (including phenoxy) is 1. The predicted octanol–water partition coefficient (Wildman–Crippen LogP) is -0.556. The van der Waals surface area contributed by atoms with Gasteiger partial charge >= 0.3 is 0 Å². The second kappa shape index (κ2) is 11.8. The second-order valence-corrected chi connectivity index (χ2v) is 13.6. The van der Waals surface area contributed by atoms with Crippen LogP contribution in [0.4, 0.5) is 0 Å². The molecule has 37 heavy (non-hydrogen) atoms. The largest absolute Gasteiger partial charge is 0.380 e. The number of halogens is 1. The normalized spacial score (nSPS) is 46.5. The summed E-state index contributed by atoms with van der Waals surface area (Å²) >= 11 is 8.21. The fraction of sp³-hybridized carbons (Fsp3) is 0.920. The third kappa shape index (κ3) is 6.09. The zero-order valence-corrected chi connectivity index (χ0v) is 23.9. The van der Waals surface area contributed by atoms with Gasteiger partial charge in [0, 0.05) is 69.3 Å². The molecule has 0 aromatic heterocycles. The molecule has 5 heterocycles. The van der Waals surface area contributed by atoms with Gasteiger partial charge in [0.1, 0.15) is 11.5 Å². The number of alkyl halides is 1. The number of nitrogens with one attached hydrogen (secondary N) is 6. The fourth-order valence-electron chi connectivity index (χ4n) is 6.92. The van der Waals surface area contributed by atoms with E-state index in [1.165, 1.54) is 0 Å². The van der Waals surface area contributed by atoms with Gasteiger partial charge < -0.3 is 30.9 Å². The molecular formula is C25H44ClN7O3S. The number of carbonyl (C=O) groups excluding carboxylic acids is 2. The average Bonchev–Trinajstić information content (AvgIpc) is 3.43. The lowest BCUT2D eigenvalue weighted by Gasteiger charge is -2.45. The van der Waals surface area contributed by atoms with Gasteiger partial charge in [0.05, 0.1) is 17.5 Å². The van der Waals surface area contributed by atoms with Gasteiger partial charge in [0.2, 0.25) is 11.8 Å². The number of amides is 2. The predicted molar refractivity (Wildman–Crippen MR) is 146 cm³/mol. The third-order valence-electron chi connectivity index (χ3n) is 9.02. The number of nitrogens with zero attached hydrogens (tertiary/aromatic N) is 1. The highest BCUT2D eigenvalue weighted by Gasteiger charge is 2.47. The van der Waals surface area contributed by atoms with E-state index >= 15 is 0 Å². The number of hydrogen-bond acceptors (Lipinski definition) is 9. The molecule has 0 aromatic carbocycles. The van der Waals surface area contributed by atoms with Crippen LogP contribution in [-0.2, 0) is 14.3 Å². The van der Waals surface area contributed by atoms with Gasteiger partial charge in [0.25, 0.3) is 0 Å². The Balaban J connectivity index is 1.16. The molecule has 0 radical (unpaired) electrons.